The number of nitrogens with one attached hydrogen (secondary N) is 1. The van der Waals surface area contributed by atoms with E-state index in [0.717, 1.165) is 12.3 Å². The van der Waals surface area contributed by atoms with Crippen molar-refractivity contribution in [2.75, 3.05) is 12.3 Å². The van der Waals surface area contributed by atoms with Crippen LogP contribution in [0.3, 0.4) is 0 Å². The third-order valence-corrected chi connectivity index (χ3v) is 5.41. The second-order valence-electron chi connectivity index (χ2n) is 3.98. The van der Waals surface area contributed by atoms with Gasteiger partial charge in [0.1, 0.15) is 0 Å². The van der Waals surface area contributed by atoms with E-state index in [1.807, 2.05) is 11.8 Å². The highest BCUT2D eigenvalue weighted by atomic mass is 79.9. The Morgan fingerprint density at radius 1 is 1.22 bits per heavy atom. The first-order chi connectivity index (χ1) is 8.75. The van der Waals surface area contributed by atoms with Gasteiger partial charge in [-0.15, -0.1) is 23.1 Å². The van der Waals surface area contributed by atoms with Gasteiger partial charge in [0.2, 0.25) is 0 Å². The Balaban J connectivity index is 1.69. The summed E-state index contributed by atoms with van der Waals surface area (Å²) in [6.07, 6.45) is 0. The van der Waals surface area contributed by atoms with E-state index >= 15 is 0 Å². The van der Waals surface area contributed by atoms with Gasteiger partial charge in [0, 0.05) is 28.1 Å². The maximum Gasteiger partial charge on any atom is 0.0701 e. The highest BCUT2D eigenvalue weighted by Gasteiger charge is 2.06. The summed E-state index contributed by atoms with van der Waals surface area (Å²) in [5, 5.41) is 3.55. The lowest BCUT2D eigenvalue weighted by Crippen LogP contribution is -2.20. The van der Waals surface area contributed by atoms with E-state index < -0.39 is 0 Å². The molecule has 1 heterocycles. The quantitative estimate of drug-likeness (QED) is 0.589. The minimum atomic E-state index is 0.428. The van der Waals surface area contributed by atoms with Gasteiger partial charge in [0.05, 0.1) is 3.79 Å². The van der Waals surface area contributed by atoms with Gasteiger partial charge >= 0.3 is 0 Å². The second-order valence-corrected chi connectivity index (χ2v) is 7.64. The summed E-state index contributed by atoms with van der Waals surface area (Å²) in [5.74, 6) is 1.10. The Morgan fingerprint density at radius 2 is 2.00 bits per heavy atom. The van der Waals surface area contributed by atoms with Gasteiger partial charge in [-0.2, -0.15) is 0 Å². The van der Waals surface area contributed by atoms with Crippen molar-refractivity contribution in [3.05, 3.63) is 51.1 Å². The molecule has 0 saturated carbocycles. The van der Waals surface area contributed by atoms with Crippen LogP contribution >= 0.6 is 39.0 Å². The van der Waals surface area contributed by atoms with E-state index in [4.69, 9.17) is 0 Å². The molecule has 1 aromatic carbocycles. The van der Waals surface area contributed by atoms with Crippen molar-refractivity contribution in [1.82, 2.24) is 5.32 Å². The van der Waals surface area contributed by atoms with E-state index in [-0.39, 0.29) is 0 Å². The molecule has 1 aromatic heterocycles. The summed E-state index contributed by atoms with van der Waals surface area (Å²) < 4.78 is 1.20. The van der Waals surface area contributed by atoms with Gasteiger partial charge in [-0.3, -0.25) is 0 Å². The predicted octanol–water partition coefficient (Wildman–Crippen LogP) is 4.95. The van der Waals surface area contributed by atoms with Gasteiger partial charge in [-0.05, 0) is 47.1 Å². The summed E-state index contributed by atoms with van der Waals surface area (Å²) >= 11 is 7.19. The number of benzene rings is 1. The number of thiophene rings is 1. The van der Waals surface area contributed by atoms with Crippen LogP contribution in [0.1, 0.15) is 17.8 Å². The van der Waals surface area contributed by atoms with E-state index in [9.17, 15) is 0 Å². The van der Waals surface area contributed by atoms with Crippen molar-refractivity contribution in [2.24, 2.45) is 0 Å². The molecule has 0 spiro atoms. The average Bonchev–Trinajstić information content (AvgIpc) is 2.82. The van der Waals surface area contributed by atoms with E-state index in [0.29, 0.717) is 6.04 Å². The van der Waals surface area contributed by atoms with E-state index in [1.54, 1.807) is 11.3 Å². The highest BCUT2D eigenvalue weighted by molar-refractivity contribution is 9.11. The molecule has 1 atom stereocenters. The van der Waals surface area contributed by atoms with Gasteiger partial charge in [0.25, 0.3) is 0 Å². The van der Waals surface area contributed by atoms with Crippen LogP contribution in [0.4, 0.5) is 0 Å². The third-order valence-electron chi connectivity index (χ3n) is 2.59. The van der Waals surface area contributed by atoms with Crippen LogP contribution in [0.25, 0.3) is 0 Å². The maximum absolute atomic E-state index is 3.55. The van der Waals surface area contributed by atoms with Crippen molar-refractivity contribution in [1.29, 1.82) is 0 Å². The molecule has 0 saturated heterocycles. The molecule has 0 aliphatic carbocycles. The SMILES string of the molecule is CC(NCCSc1ccccc1)c1ccc(Br)s1. The lowest BCUT2D eigenvalue weighted by atomic mass is 10.3. The summed E-state index contributed by atoms with van der Waals surface area (Å²) in [5.41, 5.74) is 0. The molecule has 0 radical (unpaired) electrons. The van der Waals surface area contributed by atoms with E-state index in [1.165, 1.54) is 13.6 Å². The lowest BCUT2D eigenvalue weighted by molar-refractivity contribution is 0.610. The molecule has 2 rings (SSSR count). The van der Waals surface area contributed by atoms with Crippen molar-refractivity contribution < 1.29 is 0 Å². The largest absolute Gasteiger partial charge is 0.309 e. The molecule has 18 heavy (non-hydrogen) atoms. The third kappa shape index (κ3) is 4.43. The zero-order valence-corrected chi connectivity index (χ0v) is 13.4. The maximum atomic E-state index is 3.55. The number of thioether (sulfide) groups is 1. The fourth-order valence-corrected chi connectivity index (χ4v) is 3.88. The van der Waals surface area contributed by atoms with Gasteiger partial charge < -0.3 is 5.32 Å². The molecule has 2 aromatic rings. The summed E-state index contributed by atoms with van der Waals surface area (Å²) in [7, 11) is 0. The molecular formula is C14H16BrNS2. The molecular weight excluding hydrogens is 326 g/mol. The van der Waals surface area contributed by atoms with Crippen LogP contribution in [-0.4, -0.2) is 12.3 Å². The zero-order chi connectivity index (χ0) is 12.8. The van der Waals surface area contributed by atoms with Crippen LogP contribution < -0.4 is 5.32 Å². The molecule has 1 unspecified atom stereocenters. The minimum Gasteiger partial charge on any atom is -0.309 e. The lowest BCUT2D eigenvalue weighted by Gasteiger charge is -2.11. The number of rotatable bonds is 6. The Hall–Kier alpha value is -0.290. The Labute approximate surface area is 125 Å². The van der Waals surface area contributed by atoms with Crippen molar-refractivity contribution in [3.8, 4) is 0 Å². The Kier molecular flexibility index (Phi) is 5.76. The molecule has 96 valence electrons. The highest BCUT2D eigenvalue weighted by Crippen LogP contribution is 2.27. The van der Waals surface area contributed by atoms with Crippen LogP contribution in [-0.2, 0) is 0 Å². The Bertz CT molecular complexity index is 470. The monoisotopic (exact) mass is 341 g/mol. The summed E-state index contributed by atoms with van der Waals surface area (Å²) in [4.78, 5) is 2.72. The topological polar surface area (TPSA) is 12.0 Å². The summed E-state index contributed by atoms with van der Waals surface area (Å²) in [6, 6.07) is 15.3. The first kappa shape index (κ1) is 14.1. The number of hydrogen-bond acceptors (Lipinski definition) is 3. The molecule has 1 nitrogen and oxygen atoms in total. The van der Waals surface area contributed by atoms with Gasteiger partial charge in [-0.1, -0.05) is 18.2 Å². The van der Waals surface area contributed by atoms with Gasteiger partial charge in [0.15, 0.2) is 0 Å². The smallest absolute Gasteiger partial charge is 0.0701 e. The van der Waals surface area contributed by atoms with Gasteiger partial charge in [-0.25, -0.2) is 0 Å². The van der Waals surface area contributed by atoms with Crippen LogP contribution in [0.2, 0.25) is 0 Å². The van der Waals surface area contributed by atoms with E-state index in [2.05, 4.69) is 70.6 Å². The Morgan fingerprint density at radius 3 is 2.67 bits per heavy atom. The van der Waals surface area contributed by atoms with Crippen molar-refractivity contribution in [2.45, 2.75) is 17.9 Å². The predicted molar refractivity (Wildman–Crippen MR) is 85.6 cm³/mol. The second kappa shape index (κ2) is 7.34. The van der Waals surface area contributed by atoms with Crippen molar-refractivity contribution >= 4 is 39.0 Å². The molecule has 0 aliphatic heterocycles. The number of hydrogen-bond donors (Lipinski definition) is 1. The zero-order valence-electron chi connectivity index (χ0n) is 10.2. The normalized spacial score (nSPS) is 12.6. The molecule has 0 bridgehead atoms. The number of halogens is 1. The fraction of sp³-hybridized carbons (Fsp3) is 0.286. The van der Waals surface area contributed by atoms with Crippen molar-refractivity contribution in [3.63, 3.8) is 0 Å². The van der Waals surface area contributed by atoms with Crippen LogP contribution in [0.5, 0.6) is 0 Å². The summed E-state index contributed by atoms with van der Waals surface area (Å²) in [6.45, 7) is 3.24. The first-order valence-corrected chi connectivity index (χ1v) is 8.51. The molecule has 0 fully saturated rings. The standard InChI is InChI=1S/C14H16BrNS2/c1-11(13-7-8-14(15)18-13)16-9-10-17-12-5-3-2-4-6-12/h2-8,11,16H,9-10H2,1H3. The molecule has 0 amide bonds. The minimum absolute atomic E-state index is 0.428. The van der Waals surface area contributed by atoms with Crippen LogP contribution in [0, 0.1) is 0 Å². The molecule has 4 heteroatoms. The fourth-order valence-electron chi connectivity index (χ4n) is 1.62. The first-order valence-electron chi connectivity index (χ1n) is 5.92. The molecule has 1 N–H and O–H groups in total. The van der Waals surface area contributed by atoms with Crippen LogP contribution in [0.15, 0.2) is 51.1 Å². The molecule has 0 aliphatic rings. The average molecular weight is 342 g/mol.